The number of nitrogens with one attached hydrogen (secondary N) is 1. The first-order valence-electron chi connectivity index (χ1n) is 10.5. The van der Waals surface area contributed by atoms with Crippen LogP contribution in [0.3, 0.4) is 0 Å². The number of aryl methyl sites for hydroxylation is 2. The molecule has 6 nitrogen and oxygen atoms in total. The Kier molecular flexibility index (Phi) is 9.83. The molecule has 0 unspecified atom stereocenters. The van der Waals surface area contributed by atoms with E-state index in [0.717, 1.165) is 19.4 Å². The molecule has 1 amide bonds. The van der Waals surface area contributed by atoms with Gasteiger partial charge in [-0.3, -0.25) is 4.79 Å². The van der Waals surface area contributed by atoms with Crippen LogP contribution in [0, 0.1) is 0 Å². The van der Waals surface area contributed by atoms with Crippen LogP contribution in [0.4, 0.5) is 0 Å². The van der Waals surface area contributed by atoms with Crippen molar-refractivity contribution in [2.75, 3.05) is 6.54 Å². The van der Waals surface area contributed by atoms with E-state index in [1.54, 1.807) is 12.1 Å². The van der Waals surface area contributed by atoms with Gasteiger partial charge >= 0.3 is 0 Å². The Morgan fingerprint density at radius 1 is 1.03 bits per heavy atom. The van der Waals surface area contributed by atoms with Crippen molar-refractivity contribution in [1.82, 2.24) is 9.88 Å². The lowest BCUT2D eigenvalue weighted by Crippen LogP contribution is -2.23. The number of phenols is 2. The summed E-state index contributed by atoms with van der Waals surface area (Å²) in [6.07, 6.45) is 19.1. The van der Waals surface area contributed by atoms with Crippen LogP contribution in [-0.4, -0.2) is 27.2 Å². The number of amides is 1. The number of aromatic hydroxyl groups is 2. The highest BCUT2D eigenvalue weighted by atomic mass is 16.3. The smallest absolute Gasteiger partial charge is 0.243 e. The predicted octanol–water partition coefficient (Wildman–Crippen LogP) is 3.67. The molecule has 0 saturated heterocycles. The molecule has 29 heavy (non-hydrogen) atoms. The minimum atomic E-state index is -0.192. The Bertz CT molecular complexity index is 783. The first kappa shape index (κ1) is 22.5. The van der Waals surface area contributed by atoms with E-state index in [0.29, 0.717) is 12.1 Å². The molecule has 0 radical (unpaired) electrons. The second kappa shape index (κ2) is 12.6. The average molecular weight is 401 g/mol. The average Bonchev–Trinajstić information content (AvgIpc) is 3.12. The molecule has 158 valence electrons. The highest BCUT2D eigenvalue weighted by Crippen LogP contribution is 2.25. The lowest BCUT2D eigenvalue weighted by atomic mass is 10.1. The number of carbonyl (C=O) groups excluding carboxylic acids is 1. The molecule has 0 saturated carbocycles. The number of hydrogen-bond donors (Lipinski definition) is 3. The fraction of sp³-hybridized carbons (Fsp3) is 0.478. The molecule has 0 spiro atoms. The van der Waals surface area contributed by atoms with Gasteiger partial charge in [-0.2, -0.15) is 0 Å². The summed E-state index contributed by atoms with van der Waals surface area (Å²) in [6, 6.07) is 4.45. The fourth-order valence-electron chi connectivity index (χ4n) is 3.20. The quantitative estimate of drug-likeness (QED) is 0.208. The van der Waals surface area contributed by atoms with E-state index in [9.17, 15) is 15.0 Å². The second-order valence-corrected chi connectivity index (χ2v) is 7.52. The second-order valence-electron chi connectivity index (χ2n) is 7.52. The predicted molar refractivity (Wildman–Crippen MR) is 114 cm³/mol. The molecule has 1 heterocycles. The summed E-state index contributed by atoms with van der Waals surface area (Å²) in [4.78, 5) is 11.8. The van der Waals surface area contributed by atoms with Crippen LogP contribution in [-0.2, 0) is 18.4 Å². The van der Waals surface area contributed by atoms with Crippen molar-refractivity contribution in [2.24, 2.45) is 7.05 Å². The summed E-state index contributed by atoms with van der Waals surface area (Å²) in [5.41, 5.74) is 0.665. The van der Waals surface area contributed by atoms with Gasteiger partial charge in [0.25, 0.3) is 0 Å². The minimum Gasteiger partial charge on any atom is -0.504 e. The van der Waals surface area contributed by atoms with Gasteiger partial charge < -0.3 is 15.5 Å². The van der Waals surface area contributed by atoms with Crippen molar-refractivity contribution in [3.63, 3.8) is 0 Å². The van der Waals surface area contributed by atoms with Crippen molar-refractivity contribution in [2.45, 2.75) is 57.9 Å². The molecule has 0 fully saturated rings. The summed E-state index contributed by atoms with van der Waals surface area (Å²) in [5, 5.41) is 21.6. The molecule has 0 aliphatic carbocycles. The van der Waals surface area contributed by atoms with E-state index >= 15 is 0 Å². The highest BCUT2D eigenvalue weighted by molar-refractivity contribution is 5.91. The SMILES string of the molecule is C[n+]1ccn(CCCCCCCCCCNC(=O)/C=C/c2ccc(O)c(O)c2)c1. The van der Waals surface area contributed by atoms with Gasteiger partial charge in [-0.1, -0.05) is 38.2 Å². The van der Waals surface area contributed by atoms with Gasteiger partial charge in [0.15, 0.2) is 11.5 Å². The van der Waals surface area contributed by atoms with Gasteiger partial charge in [0.2, 0.25) is 12.2 Å². The zero-order valence-electron chi connectivity index (χ0n) is 17.4. The molecule has 0 atom stereocenters. The molecule has 6 heteroatoms. The monoisotopic (exact) mass is 400 g/mol. The molecule has 1 aromatic carbocycles. The van der Waals surface area contributed by atoms with Gasteiger partial charge in [-0.05, 0) is 43.0 Å². The van der Waals surface area contributed by atoms with E-state index in [1.165, 1.54) is 56.7 Å². The van der Waals surface area contributed by atoms with Crippen LogP contribution >= 0.6 is 0 Å². The number of carbonyl (C=O) groups is 1. The topological polar surface area (TPSA) is 78.4 Å². The number of phenolic OH excluding ortho intramolecular Hbond substituents is 2. The van der Waals surface area contributed by atoms with E-state index in [2.05, 4.69) is 33.2 Å². The van der Waals surface area contributed by atoms with Crippen molar-refractivity contribution >= 4 is 12.0 Å². The molecule has 1 aromatic heterocycles. The maximum atomic E-state index is 11.8. The van der Waals surface area contributed by atoms with Crippen LogP contribution in [0.1, 0.15) is 56.9 Å². The molecular formula is C23H34N3O3+. The van der Waals surface area contributed by atoms with E-state index in [4.69, 9.17) is 0 Å². The van der Waals surface area contributed by atoms with Crippen molar-refractivity contribution in [1.29, 1.82) is 0 Å². The third-order valence-electron chi connectivity index (χ3n) is 4.89. The van der Waals surface area contributed by atoms with Crippen LogP contribution in [0.5, 0.6) is 11.5 Å². The maximum absolute atomic E-state index is 11.8. The lowest BCUT2D eigenvalue weighted by Gasteiger charge is -2.03. The number of hydrogen-bond acceptors (Lipinski definition) is 3. The molecular weight excluding hydrogens is 366 g/mol. The normalized spacial score (nSPS) is 11.2. The van der Waals surface area contributed by atoms with E-state index < -0.39 is 0 Å². The Balaban J connectivity index is 1.42. The van der Waals surface area contributed by atoms with E-state index in [1.807, 2.05) is 7.05 Å². The Labute approximate surface area is 173 Å². The molecule has 2 rings (SSSR count). The number of imidazole rings is 1. The van der Waals surface area contributed by atoms with Crippen LogP contribution in [0.15, 0.2) is 43.0 Å². The molecule has 0 bridgehead atoms. The summed E-state index contributed by atoms with van der Waals surface area (Å²) in [6.45, 7) is 1.78. The summed E-state index contributed by atoms with van der Waals surface area (Å²) in [5.74, 6) is -0.505. The lowest BCUT2D eigenvalue weighted by molar-refractivity contribution is -0.671. The standard InChI is InChI=1S/C23H33N3O3/c1-25-16-17-26(19-25)15-9-7-5-3-2-4-6-8-14-24-23(29)13-11-20-10-12-21(27)22(28)18-20/h10-13,16-19H,2-9,14-15H2,1H3,(H2-,24,27,28,29)/p+1. The maximum Gasteiger partial charge on any atom is 0.243 e. The molecule has 0 aliphatic rings. The van der Waals surface area contributed by atoms with Gasteiger partial charge in [-0.15, -0.1) is 0 Å². The number of benzene rings is 1. The summed E-state index contributed by atoms with van der Waals surface area (Å²) in [7, 11) is 2.04. The van der Waals surface area contributed by atoms with Gasteiger partial charge in [0.1, 0.15) is 12.4 Å². The minimum absolute atomic E-state index is 0.145. The fourth-order valence-corrected chi connectivity index (χ4v) is 3.20. The number of nitrogens with zero attached hydrogens (tertiary/aromatic N) is 2. The van der Waals surface area contributed by atoms with E-state index in [-0.39, 0.29) is 17.4 Å². The van der Waals surface area contributed by atoms with Crippen molar-refractivity contribution in [3.05, 3.63) is 48.6 Å². The van der Waals surface area contributed by atoms with Gasteiger partial charge in [0, 0.05) is 12.6 Å². The summed E-state index contributed by atoms with van der Waals surface area (Å²) >= 11 is 0. The van der Waals surface area contributed by atoms with Crippen LogP contribution in [0.2, 0.25) is 0 Å². The Morgan fingerprint density at radius 3 is 2.38 bits per heavy atom. The number of aromatic nitrogens is 2. The molecule has 0 aliphatic heterocycles. The number of unbranched alkanes of at least 4 members (excludes halogenated alkanes) is 7. The third kappa shape index (κ3) is 9.32. The first-order valence-corrected chi connectivity index (χ1v) is 10.5. The van der Waals surface area contributed by atoms with Crippen molar-refractivity contribution in [3.8, 4) is 11.5 Å². The largest absolute Gasteiger partial charge is 0.504 e. The Hall–Kier alpha value is -2.76. The van der Waals surface area contributed by atoms with Gasteiger partial charge in [-0.25, -0.2) is 9.13 Å². The summed E-state index contributed by atoms with van der Waals surface area (Å²) < 4.78 is 4.30. The molecule has 2 aromatic rings. The van der Waals surface area contributed by atoms with Crippen molar-refractivity contribution < 1.29 is 19.6 Å². The zero-order chi connectivity index (χ0) is 20.9. The number of rotatable bonds is 13. The highest BCUT2D eigenvalue weighted by Gasteiger charge is 2.01. The van der Waals surface area contributed by atoms with Gasteiger partial charge in [0.05, 0.1) is 13.6 Å². The van der Waals surface area contributed by atoms with Crippen LogP contribution < -0.4 is 9.88 Å². The molecule has 3 N–H and O–H groups in total. The Morgan fingerprint density at radius 2 is 1.72 bits per heavy atom. The zero-order valence-corrected chi connectivity index (χ0v) is 17.4. The van der Waals surface area contributed by atoms with Crippen LogP contribution in [0.25, 0.3) is 6.08 Å². The third-order valence-corrected chi connectivity index (χ3v) is 4.89. The first-order chi connectivity index (χ1) is 14.0.